The van der Waals surface area contributed by atoms with Crippen molar-refractivity contribution >= 4 is 0 Å². The number of hydrogen-bond donors (Lipinski definition) is 1. The van der Waals surface area contributed by atoms with E-state index in [1.54, 1.807) is 0 Å². The molecule has 4 rings (SSSR count). The molecule has 0 unspecified atom stereocenters. The zero-order valence-electron chi connectivity index (χ0n) is 13.6. The zero-order chi connectivity index (χ0) is 15.6. The Kier molecular flexibility index (Phi) is 4.18. The molecule has 0 aromatic carbocycles. The summed E-state index contributed by atoms with van der Waals surface area (Å²) in [4.78, 5) is 8.83. The Hall–Kier alpha value is -1.66. The van der Waals surface area contributed by atoms with Crippen LogP contribution in [0.5, 0.6) is 0 Å². The number of imidazole rings is 1. The molecule has 124 valence electrons. The van der Waals surface area contributed by atoms with Crippen molar-refractivity contribution in [2.24, 2.45) is 13.0 Å². The maximum atomic E-state index is 6.00. The number of oxazole rings is 1. The number of hydrogen-bond acceptors (Lipinski definition) is 5. The minimum atomic E-state index is 0.0769. The van der Waals surface area contributed by atoms with Gasteiger partial charge in [0, 0.05) is 44.4 Å². The summed E-state index contributed by atoms with van der Waals surface area (Å²) < 4.78 is 13.9. The van der Waals surface area contributed by atoms with Crippen LogP contribution >= 0.6 is 0 Å². The van der Waals surface area contributed by atoms with Crippen LogP contribution in [0, 0.1) is 5.92 Å². The Labute approximate surface area is 136 Å². The third-order valence-electron chi connectivity index (χ3n) is 4.76. The van der Waals surface area contributed by atoms with Crippen molar-refractivity contribution < 1.29 is 9.15 Å². The second kappa shape index (κ2) is 6.45. The number of ether oxygens (including phenoxy) is 1. The molecule has 6 nitrogen and oxygen atoms in total. The molecule has 1 saturated heterocycles. The molecule has 23 heavy (non-hydrogen) atoms. The van der Waals surface area contributed by atoms with Crippen molar-refractivity contribution in [2.75, 3.05) is 13.2 Å². The predicted molar refractivity (Wildman–Crippen MR) is 84.8 cm³/mol. The third kappa shape index (κ3) is 3.33. The molecule has 0 amide bonds. The van der Waals surface area contributed by atoms with Gasteiger partial charge in [-0.2, -0.15) is 0 Å². The van der Waals surface area contributed by atoms with Gasteiger partial charge in [0.1, 0.15) is 17.7 Å². The van der Waals surface area contributed by atoms with Gasteiger partial charge in [0.05, 0.1) is 12.7 Å². The number of nitrogens with zero attached hydrogens (tertiary/aromatic N) is 3. The monoisotopic (exact) mass is 316 g/mol. The zero-order valence-corrected chi connectivity index (χ0v) is 13.6. The maximum Gasteiger partial charge on any atom is 0.197 e. The Morgan fingerprint density at radius 2 is 2.22 bits per heavy atom. The second-order valence-electron chi connectivity index (χ2n) is 6.66. The Morgan fingerprint density at radius 1 is 1.30 bits per heavy atom. The van der Waals surface area contributed by atoms with Crippen LogP contribution in [-0.4, -0.2) is 27.7 Å². The summed E-state index contributed by atoms with van der Waals surface area (Å²) in [7, 11) is 2.03. The third-order valence-corrected chi connectivity index (χ3v) is 4.76. The van der Waals surface area contributed by atoms with E-state index in [2.05, 4.69) is 19.9 Å². The van der Waals surface area contributed by atoms with Gasteiger partial charge in [-0.3, -0.25) is 0 Å². The van der Waals surface area contributed by atoms with Gasteiger partial charge in [-0.05, 0) is 25.7 Å². The minimum absolute atomic E-state index is 0.0769. The fourth-order valence-electron chi connectivity index (χ4n) is 3.29. The predicted octanol–water partition coefficient (Wildman–Crippen LogP) is 2.54. The summed E-state index contributed by atoms with van der Waals surface area (Å²) in [5.41, 5.74) is 0. The summed E-state index contributed by atoms with van der Waals surface area (Å²) in [6.45, 7) is 2.45. The van der Waals surface area contributed by atoms with E-state index in [0.29, 0.717) is 11.8 Å². The van der Waals surface area contributed by atoms with Gasteiger partial charge >= 0.3 is 0 Å². The standard InChI is InChI=1S/C17H24N4O2/c1-21-7-6-19-16(21)15-13(3-2-8-22-15)9-18-10-14-11-20-17(23-14)12-4-5-12/h6-7,11-13,15,18H,2-5,8-10H2,1H3/t13-,15+/m0/s1. The molecule has 2 aromatic heterocycles. The molecule has 2 fully saturated rings. The van der Waals surface area contributed by atoms with Crippen molar-refractivity contribution in [2.45, 2.75) is 44.2 Å². The molecule has 3 heterocycles. The van der Waals surface area contributed by atoms with E-state index < -0.39 is 0 Å². The minimum Gasteiger partial charge on any atom is -0.444 e. The van der Waals surface area contributed by atoms with Gasteiger partial charge in [0.2, 0.25) is 0 Å². The lowest BCUT2D eigenvalue weighted by Gasteiger charge is -2.31. The van der Waals surface area contributed by atoms with Gasteiger partial charge in [0.15, 0.2) is 5.89 Å². The lowest BCUT2D eigenvalue weighted by molar-refractivity contribution is -0.0345. The fourth-order valence-corrected chi connectivity index (χ4v) is 3.29. The average Bonchev–Trinajstić information content (AvgIpc) is 3.16. The van der Waals surface area contributed by atoms with E-state index >= 15 is 0 Å². The SMILES string of the molecule is Cn1ccnc1[C@@H]1OCCC[C@H]1CNCc1cnc(C2CC2)o1. The molecular weight excluding hydrogens is 292 g/mol. The lowest BCUT2D eigenvalue weighted by atomic mass is 9.93. The second-order valence-corrected chi connectivity index (χ2v) is 6.66. The van der Waals surface area contributed by atoms with Crippen molar-refractivity contribution in [1.82, 2.24) is 19.9 Å². The molecule has 6 heteroatoms. The molecule has 1 N–H and O–H groups in total. The van der Waals surface area contributed by atoms with Crippen LogP contribution in [0.3, 0.4) is 0 Å². The number of aryl methyl sites for hydroxylation is 1. The molecule has 2 atom stereocenters. The highest BCUT2D eigenvalue weighted by molar-refractivity contribution is 5.05. The van der Waals surface area contributed by atoms with Crippen molar-refractivity contribution in [1.29, 1.82) is 0 Å². The Bertz CT molecular complexity index is 647. The van der Waals surface area contributed by atoms with Gasteiger partial charge < -0.3 is 19.0 Å². The Balaban J connectivity index is 1.33. The van der Waals surface area contributed by atoms with Crippen molar-refractivity contribution in [3.63, 3.8) is 0 Å². The van der Waals surface area contributed by atoms with E-state index in [4.69, 9.17) is 9.15 Å². The molecule has 0 bridgehead atoms. The quantitative estimate of drug-likeness (QED) is 0.887. The van der Waals surface area contributed by atoms with Crippen LogP contribution in [0.1, 0.15) is 55.2 Å². The summed E-state index contributed by atoms with van der Waals surface area (Å²) in [6, 6.07) is 0. The molecule has 1 aliphatic carbocycles. The van der Waals surface area contributed by atoms with Gasteiger partial charge in [-0.15, -0.1) is 0 Å². The molecule has 2 aromatic rings. The Morgan fingerprint density at radius 3 is 3.00 bits per heavy atom. The summed E-state index contributed by atoms with van der Waals surface area (Å²) in [5.74, 6) is 3.87. The van der Waals surface area contributed by atoms with Crippen LogP contribution in [-0.2, 0) is 18.3 Å². The first-order chi connectivity index (χ1) is 11.3. The van der Waals surface area contributed by atoms with E-state index in [9.17, 15) is 0 Å². The molecule has 1 saturated carbocycles. The molecule has 2 aliphatic rings. The van der Waals surface area contributed by atoms with Crippen LogP contribution < -0.4 is 5.32 Å². The van der Waals surface area contributed by atoms with Crippen LogP contribution in [0.15, 0.2) is 23.0 Å². The summed E-state index contributed by atoms with van der Waals surface area (Å²) in [6.07, 6.45) is 10.5. The first kappa shape index (κ1) is 14.9. The number of nitrogens with one attached hydrogen (secondary N) is 1. The molecule has 0 radical (unpaired) electrons. The van der Waals surface area contributed by atoms with Crippen LogP contribution in [0.4, 0.5) is 0 Å². The van der Waals surface area contributed by atoms with E-state index in [0.717, 1.165) is 50.0 Å². The van der Waals surface area contributed by atoms with Gasteiger partial charge in [0.25, 0.3) is 0 Å². The first-order valence-electron chi connectivity index (χ1n) is 8.55. The topological polar surface area (TPSA) is 65.1 Å². The van der Waals surface area contributed by atoms with Crippen LogP contribution in [0.2, 0.25) is 0 Å². The smallest absolute Gasteiger partial charge is 0.197 e. The van der Waals surface area contributed by atoms with Gasteiger partial charge in [-0.25, -0.2) is 9.97 Å². The van der Waals surface area contributed by atoms with Gasteiger partial charge in [-0.1, -0.05) is 0 Å². The maximum absolute atomic E-state index is 6.00. The van der Waals surface area contributed by atoms with E-state index in [1.807, 2.05) is 25.6 Å². The average molecular weight is 316 g/mol. The highest BCUT2D eigenvalue weighted by atomic mass is 16.5. The number of aromatic nitrogens is 3. The molecule has 0 spiro atoms. The lowest BCUT2D eigenvalue weighted by Crippen LogP contribution is -2.33. The summed E-state index contributed by atoms with van der Waals surface area (Å²) >= 11 is 0. The molecular formula is C17H24N4O2. The highest BCUT2D eigenvalue weighted by Gasteiger charge is 2.30. The molecule has 1 aliphatic heterocycles. The van der Waals surface area contributed by atoms with E-state index in [1.165, 1.54) is 12.8 Å². The van der Waals surface area contributed by atoms with Crippen molar-refractivity contribution in [3.05, 3.63) is 36.1 Å². The van der Waals surface area contributed by atoms with Crippen LogP contribution in [0.25, 0.3) is 0 Å². The first-order valence-corrected chi connectivity index (χ1v) is 8.55. The fraction of sp³-hybridized carbons (Fsp3) is 0.647. The normalized spacial score (nSPS) is 24.9. The highest BCUT2D eigenvalue weighted by Crippen LogP contribution is 2.39. The van der Waals surface area contributed by atoms with E-state index in [-0.39, 0.29) is 6.10 Å². The number of rotatable bonds is 6. The van der Waals surface area contributed by atoms with Crippen molar-refractivity contribution in [3.8, 4) is 0 Å². The summed E-state index contributed by atoms with van der Waals surface area (Å²) in [5, 5.41) is 3.50. The largest absolute Gasteiger partial charge is 0.444 e.